The van der Waals surface area contributed by atoms with Crippen molar-refractivity contribution in [1.29, 1.82) is 0 Å². The molecule has 2 heterocycles. The largest absolute Gasteiger partial charge is 0.377 e. The monoisotopic (exact) mass is 298 g/mol. The van der Waals surface area contributed by atoms with Crippen LogP contribution in [0.3, 0.4) is 0 Å². The van der Waals surface area contributed by atoms with E-state index < -0.39 is 0 Å². The van der Waals surface area contributed by atoms with Crippen LogP contribution in [0.15, 0.2) is 11.0 Å². The zero-order valence-electron chi connectivity index (χ0n) is 11.3. The van der Waals surface area contributed by atoms with E-state index in [4.69, 9.17) is 16.3 Å². The summed E-state index contributed by atoms with van der Waals surface area (Å²) in [4.78, 5) is 12.3. The van der Waals surface area contributed by atoms with Gasteiger partial charge in [0.05, 0.1) is 23.9 Å². The molecule has 1 aromatic heterocycles. The minimum Gasteiger partial charge on any atom is -0.377 e. The molecule has 3 rings (SSSR count). The minimum atomic E-state index is -0.145. The molecule has 0 radical (unpaired) electrons. The van der Waals surface area contributed by atoms with E-state index in [0.717, 1.165) is 13.1 Å². The fourth-order valence-corrected chi connectivity index (χ4v) is 2.46. The second kappa shape index (κ2) is 6.11. The highest BCUT2D eigenvalue weighted by molar-refractivity contribution is 6.32. The van der Waals surface area contributed by atoms with Crippen LogP contribution in [0.4, 0.5) is 5.69 Å². The lowest BCUT2D eigenvalue weighted by Crippen LogP contribution is -2.42. The van der Waals surface area contributed by atoms with Gasteiger partial charge in [0.15, 0.2) is 0 Å². The van der Waals surface area contributed by atoms with Crippen molar-refractivity contribution in [1.82, 2.24) is 15.1 Å². The maximum Gasteiger partial charge on any atom is 0.291 e. The van der Waals surface area contributed by atoms with Crippen molar-refractivity contribution in [2.75, 3.05) is 31.6 Å². The Morgan fingerprint density at radius 2 is 2.40 bits per heavy atom. The standard InChI is InChI=1S/C13H19ClN4O2/c14-11-7-17-18(8-9-1-2-9)13(19)12(11)16-6-10-5-15-3-4-20-10/h7,9-10,15-16H,1-6,8H2. The molecule has 0 bridgehead atoms. The van der Waals surface area contributed by atoms with Gasteiger partial charge in [0.2, 0.25) is 0 Å². The Kier molecular flexibility index (Phi) is 4.24. The lowest BCUT2D eigenvalue weighted by atomic mass is 10.3. The molecule has 2 aliphatic rings. The zero-order valence-corrected chi connectivity index (χ0v) is 12.0. The van der Waals surface area contributed by atoms with E-state index in [1.54, 1.807) is 0 Å². The number of nitrogens with zero attached hydrogens (tertiary/aromatic N) is 2. The molecule has 110 valence electrons. The van der Waals surface area contributed by atoms with Crippen molar-refractivity contribution in [3.05, 3.63) is 21.6 Å². The van der Waals surface area contributed by atoms with Crippen LogP contribution in [0, 0.1) is 5.92 Å². The van der Waals surface area contributed by atoms with Crippen molar-refractivity contribution in [2.24, 2.45) is 5.92 Å². The summed E-state index contributed by atoms with van der Waals surface area (Å²) >= 11 is 6.08. The quantitative estimate of drug-likeness (QED) is 0.838. The highest BCUT2D eigenvalue weighted by atomic mass is 35.5. The Morgan fingerprint density at radius 3 is 3.10 bits per heavy atom. The molecule has 6 nitrogen and oxygen atoms in total. The molecule has 1 atom stereocenters. The number of morpholine rings is 1. The number of nitrogens with one attached hydrogen (secondary N) is 2. The Bertz CT molecular complexity index is 524. The summed E-state index contributed by atoms with van der Waals surface area (Å²) in [7, 11) is 0. The summed E-state index contributed by atoms with van der Waals surface area (Å²) in [5.74, 6) is 0.597. The lowest BCUT2D eigenvalue weighted by molar-refractivity contribution is 0.0372. The van der Waals surface area contributed by atoms with Gasteiger partial charge in [-0.3, -0.25) is 4.79 Å². The van der Waals surface area contributed by atoms with Gasteiger partial charge >= 0.3 is 0 Å². The summed E-state index contributed by atoms with van der Waals surface area (Å²) in [6, 6.07) is 0. The fourth-order valence-electron chi connectivity index (χ4n) is 2.27. The number of halogens is 1. The van der Waals surface area contributed by atoms with Crippen molar-refractivity contribution in [3.8, 4) is 0 Å². The summed E-state index contributed by atoms with van der Waals surface area (Å²) in [5.41, 5.74) is 0.282. The fraction of sp³-hybridized carbons (Fsp3) is 0.692. The summed E-state index contributed by atoms with van der Waals surface area (Å²) in [6.07, 6.45) is 3.96. The smallest absolute Gasteiger partial charge is 0.291 e. The minimum absolute atomic E-state index is 0.0595. The van der Waals surface area contributed by atoms with Gasteiger partial charge in [0, 0.05) is 26.2 Å². The SMILES string of the molecule is O=c1c(NCC2CNCCO2)c(Cl)cnn1CC1CC1. The first kappa shape index (κ1) is 13.9. The number of rotatable bonds is 5. The zero-order chi connectivity index (χ0) is 13.9. The lowest BCUT2D eigenvalue weighted by Gasteiger charge is -2.24. The third kappa shape index (κ3) is 3.31. The van der Waals surface area contributed by atoms with Crippen LogP contribution in [-0.4, -0.2) is 42.1 Å². The van der Waals surface area contributed by atoms with Gasteiger partial charge in [-0.25, -0.2) is 4.68 Å². The van der Waals surface area contributed by atoms with Crippen LogP contribution < -0.4 is 16.2 Å². The first-order chi connectivity index (χ1) is 9.74. The molecule has 0 aromatic carbocycles. The van der Waals surface area contributed by atoms with E-state index in [-0.39, 0.29) is 11.7 Å². The Labute approximate surface area is 122 Å². The second-order valence-electron chi connectivity index (χ2n) is 5.38. The molecule has 1 saturated heterocycles. The third-order valence-corrected chi connectivity index (χ3v) is 3.92. The second-order valence-corrected chi connectivity index (χ2v) is 5.78. The molecular weight excluding hydrogens is 280 g/mol. The normalized spacial score (nSPS) is 22.8. The maximum absolute atomic E-state index is 12.3. The number of aromatic nitrogens is 2. The number of hydrogen-bond acceptors (Lipinski definition) is 5. The molecule has 1 unspecified atom stereocenters. The topological polar surface area (TPSA) is 68.2 Å². The van der Waals surface area contributed by atoms with E-state index in [9.17, 15) is 4.79 Å². The molecular formula is C13H19ClN4O2. The Hall–Kier alpha value is -1.11. The van der Waals surface area contributed by atoms with Gasteiger partial charge < -0.3 is 15.4 Å². The molecule has 1 aromatic rings. The van der Waals surface area contributed by atoms with Crippen LogP contribution in [0.2, 0.25) is 5.02 Å². The average Bonchev–Trinajstić information content (AvgIpc) is 3.27. The molecule has 2 N–H and O–H groups in total. The molecule has 20 heavy (non-hydrogen) atoms. The Morgan fingerprint density at radius 1 is 1.55 bits per heavy atom. The van der Waals surface area contributed by atoms with Crippen molar-refractivity contribution >= 4 is 17.3 Å². The summed E-state index contributed by atoms with van der Waals surface area (Å²) in [5, 5.41) is 10.8. The van der Waals surface area contributed by atoms with Crippen molar-refractivity contribution < 1.29 is 4.74 Å². The first-order valence-corrected chi connectivity index (χ1v) is 7.43. The number of ether oxygens (including phenoxy) is 1. The van der Waals surface area contributed by atoms with E-state index in [0.29, 0.717) is 36.3 Å². The highest BCUT2D eigenvalue weighted by Gasteiger charge is 2.24. The molecule has 2 fully saturated rings. The van der Waals surface area contributed by atoms with Gasteiger partial charge in [-0.2, -0.15) is 5.10 Å². The van der Waals surface area contributed by atoms with Gasteiger partial charge in [0.1, 0.15) is 5.69 Å². The molecule has 1 aliphatic heterocycles. The molecule has 0 spiro atoms. The number of anilines is 1. The maximum atomic E-state index is 12.3. The average molecular weight is 299 g/mol. The predicted octanol–water partition coefficient (Wildman–Crippen LogP) is 0.707. The van der Waals surface area contributed by atoms with E-state index >= 15 is 0 Å². The van der Waals surface area contributed by atoms with Crippen LogP contribution in [-0.2, 0) is 11.3 Å². The summed E-state index contributed by atoms with van der Waals surface area (Å²) < 4.78 is 7.10. The highest BCUT2D eigenvalue weighted by Crippen LogP contribution is 2.30. The predicted molar refractivity (Wildman–Crippen MR) is 77.3 cm³/mol. The molecule has 1 saturated carbocycles. The summed E-state index contributed by atoms with van der Waals surface area (Å²) in [6.45, 7) is 3.61. The van der Waals surface area contributed by atoms with Crippen LogP contribution in [0.25, 0.3) is 0 Å². The van der Waals surface area contributed by atoms with Gasteiger partial charge in [-0.1, -0.05) is 11.6 Å². The van der Waals surface area contributed by atoms with Crippen molar-refractivity contribution in [2.45, 2.75) is 25.5 Å². The Balaban J connectivity index is 1.68. The molecule has 0 amide bonds. The van der Waals surface area contributed by atoms with Crippen molar-refractivity contribution in [3.63, 3.8) is 0 Å². The van der Waals surface area contributed by atoms with Crippen LogP contribution >= 0.6 is 11.6 Å². The van der Waals surface area contributed by atoms with Crippen LogP contribution in [0.1, 0.15) is 12.8 Å². The van der Waals surface area contributed by atoms with E-state index in [2.05, 4.69) is 15.7 Å². The third-order valence-electron chi connectivity index (χ3n) is 3.64. The molecule has 7 heteroatoms. The van der Waals surface area contributed by atoms with Crippen LogP contribution in [0.5, 0.6) is 0 Å². The number of hydrogen-bond donors (Lipinski definition) is 2. The molecule has 1 aliphatic carbocycles. The van der Waals surface area contributed by atoms with Gasteiger partial charge in [-0.05, 0) is 18.8 Å². The van der Waals surface area contributed by atoms with E-state index in [1.165, 1.54) is 23.7 Å². The van der Waals surface area contributed by atoms with E-state index in [1.807, 2.05) is 0 Å². The first-order valence-electron chi connectivity index (χ1n) is 7.06. The van der Waals surface area contributed by atoms with Gasteiger partial charge in [0.25, 0.3) is 5.56 Å². The van der Waals surface area contributed by atoms with Gasteiger partial charge in [-0.15, -0.1) is 0 Å².